The molecule has 1 aromatic rings. The average Bonchev–Trinajstić information content (AvgIpc) is 2.60. The third kappa shape index (κ3) is 5.30. The SMILES string of the molecule is CCc1ccc(C(CO)NC(C)CC(=O)N2CCOCC2)cc1. The van der Waals surface area contributed by atoms with E-state index in [2.05, 4.69) is 24.4 Å². The van der Waals surface area contributed by atoms with Gasteiger partial charge in [0, 0.05) is 25.6 Å². The van der Waals surface area contributed by atoms with Crippen molar-refractivity contribution in [3.05, 3.63) is 35.4 Å². The number of hydrogen-bond donors (Lipinski definition) is 2. The van der Waals surface area contributed by atoms with Gasteiger partial charge in [-0.05, 0) is 24.5 Å². The molecule has 23 heavy (non-hydrogen) atoms. The van der Waals surface area contributed by atoms with Gasteiger partial charge in [-0.1, -0.05) is 31.2 Å². The number of rotatable bonds is 7. The molecule has 0 aliphatic carbocycles. The van der Waals surface area contributed by atoms with E-state index < -0.39 is 0 Å². The molecule has 0 bridgehead atoms. The summed E-state index contributed by atoms with van der Waals surface area (Å²) >= 11 is 0. The van der Waals surface area contributed by atoms with Crippen LogP contribution in [0.15, 0.2) is 24.3 Å². The number of aliphatic hydroxyl groups excluding tert-OH is 1. The molecule has 1 fully saturated rings. The van der Waals surface area contributed by atoms with Crippen LogP contribution in [0.3, 0.4) is 0 Å². The zero-order valence-electron chi connectivity index (χ0n) is 14.1. The molecule has 0 saturated carbocycles. The molecule has 1 aromatic carbocycles. The number of benzene rings is 1. The van der Waals surface area contributed by atoms with Crippen molar-refractivity contribution in [3.63, 3.8) is 0 Å². The maximum atomic E-state index is 12.3. The Kier molecular flexibility index (Phi) is 7.02. The molecule has 0 spiro atoms. The van der Waals surface area contributed by atoms with Gasteiger partial charge in [0.05, 0.1) is 25.9 Å². The third-order valence-electron chi connectivity index (χ3n) is 4.30. The summed E-state index contributed by atoms with van der Waals surface area (Å²) in [5, 5.41) is 13.0. The van der Waals surface area contributed by atoms with Crippen molar-refractivity contribution in [1.29, 1.82) is 0 Å². The molecule has 1 saturated heterocycles. The number of nitrogens with one attached hydrogen (secondary N) is 1. The standard InChI is InChI=1S/C18H28N2O3/c1-3-15-4-6-16(7-5-15)17(13-21)19-14(2)12-18(22)20-8-10-23-11-9-20/h4-7,14,17,19,21H,3,8-13H2,1-2H3. The summed E-state index contributed by atoms with van der Waals surface area (Å²) in [5.74, 6) is 0.145. The summed E-state index contributed by atoms with van der Waals surface area (Å²) < 4.78 is 5.27. The molecule has 0 radical (unpaired) electrons. The van der Waals surface area contributed by atoms with Crippen molar-refractivity contribution < 1.29 is 14.6 Å². The van der Waals surface area contributed by atoms with Gasteiger partial charge < -0.3 is 20.1 Å². The highest BCUT2D eigenvalue weighted by Crippen LogP contribution is 2.16. The number of amides is 1. The fourth-order valence-electron chi connectivity index (χ4n) is 2.85. The number of nitrogens with zero attached hydrogens (tertiary/aromatic N) is 1. The van der Waals surface area contributed by atoms with Crippen molar-refractivity contribution in [2.45, 2.75) is 38.8 Å². The quantitative estimate of drug-likeness (QED) is 0.799. The Balaban J connectivity index is 1.88. The lowest BCUT2D eigenvalue weighted by Gasteiger charge is -2.29. The molecule has 128 valence electrons. The van der Waals surface area contributed by atoms with E-state index in [0.29, 0.717) is 32.7 Å². The van der Waals surface area contributed by atoms with Crippen LogP contribution in [0.1, 0.15) is 37.4 Å². The minimum atomic E-state index is -0.145. The van der Waals surface area contributed by atoms with Gasteiger partial charge in [0.15, 0.2) is 0 Å². The smallest absolute Gasteiger partial charge is 0.224 e. The second-order valence-electron chi connectivity index (χ2n) is 6.10. The molecule has 2 atom stereocenters. The van der Waals surface area contributed by atoms with Crippen molar-refractivity contribution in [3.8, 4) is 0 Å². The Morgan fingerprint density at radius 2 is 1.96 bits per heavy atom. The summed E-state index contributed by atoms with van der Waals surface area (Å²) in [4.78, 5) is 14.1. The highest BCUT2D eigenvalue weighted by atomic mass is 16.5. The maximum absolute atomic E-state index is 12.3. The van der Waals surface area contributed by atoms with Crippen molar-refractivity contribution in [1.82, 2.24) is 10.2 Å². The van der Waals surface area contributed by atoms with Crippen LogP contribution in [0.2, 0.25) is 0 Å². The van der Waals surface area contributed by atoms with E-state index >= 15 is 0 Å². The van der Waals surface area contributed by atoms with Crippen molar-refractivity contribution in [2.75, 3.05) is 32.9 Å². The highest BCUT2D eigenvalue weighted by Gasteiger charge is 2.21. The minimum Gasteiger partial charge on any atom is -0.394 e. The molecule has 1 heterocycles. The highest BCUT2D eigenvalue weighted by molar-refractivity contribution is 5.76. The van der Waals surface area contributed by atoms with Gasteiger partial charge in [0.1, 0.15) is 0 Å². The third-order valence-corrected chi connectivity index (χ3v) is 4.30. The molecule has 2 rings (SSSR count). The number of ether oxygens (including phenoxy) is 1. The Labute approximate surface area is 138 Å². The lowest BCUT2D eigenvalue weighted by Crippen LogP contribution is -2.44. The maximum Gasteiger partial charge on any atom is 0.224 e. The fourth-order valence-corrected chi connectivity index (χ4v) is 2.85. The summed E-state index contributed by atoms with van der Waals surface area (Å²) in [5.41, 5.74) is 2.33. The van der Waals surface area contributed by atoms with Gasteiger partial charge in [-0.15, -0.1) is 0 Å². The molecule has 2 unspecified atom stereocenters. The van der Waals surface area contributed by atoms with Crippen LogP contribution in [0, 0.1) is 0 Å². The Morgan fingerprint density at radius 3 is 2.52 bits per heavy atom. The van der Waals surface area contributed by atoms with Crippen LogP contribution in [0.25, 0.3) is 0 Å². The first-order chi connectivity index (χ1) is 11.1. The lowest BCUT2D eigenvalue weighted by molar-refractivity contribution is -0.135. The van der Waals surface area contributed by atoms with Crippen LogP contribution in [-0.4, -0.2) is 54.9 Å². The van der Waals surface area contributed by atoms with E-state index in [1.165, 1.54) is 5.56 Å². The molecule has 1 amide bonds. The summed E-state index contributed by atoms with van der Waals surface area (Å²) in [6.07, 6.45) is 1.44. The largest absolute Gasteiger partial charge is 0.394 e. The molecule has 0 aromatic heterocycles. The summed E-state index contributed by atoms with van der Waals surface area (Å²) in [6, 6.07) is 8.13. The number of hydrogen-bond acceptors (Lipinski definition) is 4. The second kappa shape index (κ2) is 9.01. The van der Waals surface area contributed by atoms with Crippen LogP contribution in [-0.2, 0) is 16.0 Å². The van der Waals surface area contributed by atoms with Gasteiger partial charge in [0.25, 0.3) is 0 Å². The topological polar surface area (TPSA) is 61.8 Å². The first kappa shape index (κ1) is 17.9. The van der Waals surface area contributed by atoms with E-state index in [1.54, 1.807) is 0 Å². The van der Waals surface area contributed by atoms with Crippen LogP contribution >= 0.6 is 0 Å². The number of aryl methyl sites for hydroxylation is 1. The lowest BCUT2D eigenvalue weighted by atomic mass is 10.0. The monoisotopic (exact) mass is 320 g/mol. The fraction of sp³-hybridized carbons (Fsp3) is 0.611. The first-order valence-corrected chi connectivity index (χ1v) is 8.45. The van der Waals surface area contributed by atoms with Gasteiger partial charge in [-0.25, -0.2) is 0 Å². The van der Waals surface area contributed by atoms with Gasteiger partial charge in [-0.2, -0.15) is 0 Å². The van der Waals surface area contributed by atoms with Gasteiger partial charge in [-0.3, -0.25) is 4.79 Å². The van der Waals surface area contributed by atoms with E-state index in [9.17, 15) is 9.90 Å². The molecular formula is C18H28N2O3. The van der Waals surface area contributed by atoms with E-state index in [4.69, 9.17) is 4.74 Å². The van der Waals surface area contributed by atoms with Crippen LogP contribution in [0.4, 0.5) is 0 Å². The van der Waals surface area contributed by atoms with Crippen LogP contribution < -0.4 is 5.32 Å². The van der Waals surface area contributed by atoms with Gasteiger partial charge in [0.2, 0.25) is 5.91 Å². The Bertz CT molecular complexity index is 484. The van der Waals surface area contributed by atoms with E-state index in [1.807, 2.05) is 24.0 Å². The van der Waals surface area contributed by atoms with Crippen LogP contribution in [0.5, 0.6) is 0 Å². The molecule has 2 N–H and O–H groups in total. The number of carbonyl (C=O) groups excluding carboxylic acids is 1. The number of morpholine rings is 1. The molecule has 5 heteroatoms. The zero-order chi connectivity index (χ0) is 16.7. The Hall–Kier alpha value is -1.43. The predicted molar refractivity (Wildman–Crippen MR) is 90.3 cm³/mol. The molecule has 5 nitrogen and oxygen atoms in total. The predicted octanol–water partition coefficient (Wildman–Crippen LogP) is 1.51. The average molecular weight is 320 g/mol. The number of carbonyl (C=O) groups is 1. The number of aliphatic hydroxyl groups is 1. The zero-order valence-corrected chi connectivity index (χ0v) is 14.1. The minimum absolute atomic E-state index is 0.00773. The molecular weight excluding hydrogens is 292 g/mol. The van der Waals surface area contributed by atoms with E-state index in [-0.39, 0.29) is 24.6 Å². The molecule has 1 aliphatic heterocycles. The first-order valence-electron chi connectivity index (χ1n) is 8.45. The van der Waals surface area contributed by atoms with Crippen molar-refractivity contribution >= 4 is 5.91 Å². The Morgan fingerprint density at radius 1 is 1.30 bits per heavy atom. The second-order valence-corrected chi connectivity index (χ2v) is 6.10. The molecule has 1 aliphatic rings. The summed E-state index contributed by atoms with van der Waals surface area (Å²) in [6.45, 7) is 6.72. The van der Waals surface area contributed by atoms with E-state index in [0.717, 1.165) is 12.0 Å². The van der Waals surface area contributed by atoms with Crippen molar-refractivity contribution in [2.24, 2.45) is 0 Å². The normalized spacial score (nSPS) is 17.8. The van der Waals surface area contributed by atoms with Gasteiger partial charge >= 0.3 is 0 Å². The summed E-state index contributed by atoms with van der Waals surface area (Å²) in [7, 11) is 0.